The maximum atomic E-state index is 12.7. The van der Waals surface area contributed by atoms with Gasteiger partial charge in [0.25, 0.3) is 5.91 Å². The number of phenolic OH excluding ortho intramolecular Hbond substituents is 1. The molecule has 9 nitrogen and oxygen atoms in total. The number of phenols is 1. The summed E-state index contributed by atoms with van der Waals surface area (Å²) in [5.41, 5.74) is 5.07. The number of aromatic hydroxyl groups is 1. The average molecular weight is 548 g/mol. The van der Waals surface area contributed by atoms with E-state index in [1.54, 1.807) is 30.3 Å². The fraction of sp³-hybridized carbons (Fsp3) is 0.185. The minimum atomic E-state index is -0.683. The SMILES string of the molecule is Cc1cc(N(CCC#N)CCC#N)ccc1/C(N=Nc1ccc(Cl)cc1)=N/NC(=O)c1cc(Cl)ccc1O. The first-order valence-corrected chi connectivity index (χ1v) is 12.2. The number of hydrogen-bond acceptors (Lipinski definition) is 7. The number of azo groups is 1. The van der Waals surface area contributed by atoms with Crippen LogP contribution >= 0.6 is 23.2 Å². The second-order valence-corrected chi connectivity index (χ2v) is 8.89. The molecule has 3 rings (SSSR count). The van der Waals surface area contributed by atoms with Gasteiger partial charge >= 0.3 is 0 Å². The van der Waals surface area contributed by atoms with Gasteiger partial charge in [-0.3, -0.25) is 4.79 Å². The quantitative estimate of drug-likeness (QED) is 0.136. The second kappa shape index (κ2) is 13.8. The van der Waals surface area contributed by atoms with Crippen LogP contribution in [0.25, 0.3) is 0 Å². The van der Waals surface area contributed by atoms with E-state index in [4.69, 9.17) is 33.7 Å². The maximum Gasteiger partial charge on any atom is 0.275 e. The Hall–Kier alpha value is -4.44. The van der Waals surface area contributed by atoms with E-state index in [0.29, 0.717) is 42.2 Å². The fourth-order valence-corrected chi connectivity index (χ4v) is 3.74. The van der Waals surface area contributed by atoms with Gasteiger partial charge in [0.05, 0.1) is 36.2 Å². The van der Waals surface area contributed by atoms with Crippen LogP contribution in [0.15, 0.2) is 76.0 Å². The first-order valence-electron chi connectivity index (χ1n) is 11.5. The van der Waals surface area contributed by atoms with E-state index < -0.39 is 5.91 Å². The number of nitrogens with one attached hydrogen (secondary N) is 1. The van der Waals surface area contributed by atoms with E-state index in [1.165, 1.54) is 18.2 Å². The molecule has 192 valence electrons. The monoisotopic (exact) mass is 547 g/mol. The third kappa shape index (κ3) is 7.78. The standard InChI is InChI=1S/C27H23Cl2N7O2/c1-18-16-22(36(14-2-12-30)15-3-13-31)9-10-23(18)26(33-32-21-7-4-19(28)5-8-21)34-35-27(38)24-17-20(29)6-11-25(24)37/h4-11,16-17,37H,2-3,14-15H2,1H3,(H,35,38)/b33-32?,34-26-. The van der Waals surface area contributed by atoms with Crippen LogP contribution in [0, 0.1) is 29.6 Å². The number of amidine groups is 1. The van der Waals surface area contributed by atoms with Crippen molar-refractivity contribution in [3.63, 3.8) is 0 Å². The van der Waals surface area contributed by atoms with Crippen molar-refractivity contribution in [1.29, 1.82) is 10.5 Å². The van der Waals surface area contributed by atoms with Crippen LogP contribution < -0.4 is 10.3 Å². The molecule has 38 heavy (non-hydrogen) atoms. The summed E-state index contributed by atoms with van der Waals surface area (Å²) in [5.74, 6) is -0.820. The molecule has 0 aliphatic heterocycles. The van der Waals surface area contributed by atoms with Gasteiger partial charge in [-0.1, -0.05) is 23.2 Å². The largest absolute Gasteiger partial charge is 0.507 e. The number of hydrogen-bond donors (Lipinski definition) is 2. The highest BCUT2D eigenvalue weighted by molar-refractivity contribution is 6.31. The van der Waals surface area contributed by atoms with E-state index in [2.05, 4.69) is 32.9 Å². The summed E-state index contributed by atoms with van der Waals surface area (Å²) in [7, 11) is 0. The van der Waals surface area contributed by atoms with Crippen LogP contribution in [0.3, 0.4) is 0 Å². The van der Waals surface area contributed by atoms with Gasteiger partial charge in [-0.05, 0) is 73.2 Å². The van der Waals surface area contributed by atoms with Crippen LogP contribution in [0.1, 0.15) is 34.3 Å². The molecule has 0 radical (unpaired) electrons. The number of anilines is 1. The zero-order valence-electron chi connectivity index (χ0n) is 20.4. The number of nitriles is 2. The Kier molecular flexibility index (Phi) is 10.2. The van der Waals surface area contributed by atoms with Gasteiger partial charge in [-0.2, -0.15) is 10.5 Å². The summed E-state index contributed by atoms with van der Waals surface area (Å²) in [6, 6.07) is 20.6. The number of hydrazone groups is 1. The van der Waals surface area contributed by atoms with E-state index in [9.17, 15) is 9.90 Å². The van der Waals surface area contributed by atoms with Crippen molar-refractivity contribution in [2.75, 3.05) is 18.0 Å². The molecule has 3 aromatic carbocycles. The zero-order chi connectivity index (χ0) is 27.5. The first kappa shape index (κ1) is 28.1. The van der Waals surface area contributed by atoms with Crippen molar-refractivity contribution < 1.29 is 9.90 Å². The number of benzene rings is 3. The lowest BCUT2D eigenvalue weighted by Gasteiger charge is -2.23. The summed E-state index contributed by atoms with van der Waals surface area (Å²) >= 11 is 11.9. The minimum Gasteiger partial charge on any atom is -0.507 e. The highest BCUT2D eigenvalue weighted by Crippen LogP contribution is 2.24. The Bertz CT molecular complexity index is 1420. The smallest absolute Gasteiger partial charge is 0.275 e. The lowest BCUT2D eigenvalue weighted by atomic mass is 10.1. The number of halogens is 2. The normalized spacial score (nSPS) is 11.1. The van der Waals surface area contributed by atoms with Crippen molar-refractivity contribution in [3.05, 3.63) is 87.4 Å². The summed E-state index contributed by atoms with van der Waals surface area (Å²) in [6.45, 7) is 2.81. The highest BCUT2D eigenvalue weighted by atomic mass is 35.5. The Balaban J connectivity index is 1.97. The van der Waals surface area contributed by atoms with E-state index in [-0.39, 0.29) is 22.2 Å². The molecule has 0 aliphatic carbocycles. The Labute approximate surface area is 230 Å². The van der Waals surface area contributed by atoms with Crippen LogP contribution in [-0.2, 0) is 0 Å². The van der Waals surface area contributed by atoms with Gasteiger partial charge in [0.1, 0.15) is 5.75 Å². The fourth-order valence-electron chi connectivity index (χ4n) is 3.44. The maximum absolute atomic E-state index is 12.7. The zero-order valence-corrected chi connectivity index (χ0v) is 21.9. The Morgan fingerprint density at radius 2 is 1.61 bits per heavy atom. The van der Waals surface area contributed by atoms with Crippen LogP contribution in [0.5, 0.6) is 5.75 Å². The van der Waals surface area contributed by atoms with Crippen molar-refractivity contribution in [2.45, 2.75) is 19.8 Å². The van der Waals surface area contributed by atoms with E-state index in [0.717, 1.165) is 11.3 Å². The van der Waals surface area contributed by atoms with Crippen LogP contribution in [-0.4, -0.2) is 29.9 Å². The van der Waals surface area contributed by atoms with Crippen molar-refractivity contribution >= 4 is 46.3 Å². The molecule has 1 amide bonds. The lowest BCUT2D eigenvalue weighted by molar-refractivity contribution is 0.0952. The lowest BCUT2D eigenvalue weighted by Crippen LogP contribution is -2.25. The van der Waals surface area contributed by atoms with E-state index >= 15 is 0 Å². The first-order chi connectivity index (χ1) is 18.3. The molecule has 2 N–H and O–H groups in total. The molecule has 0 saturated heterocycles. The summed E-state index contributed by atoms with van der Waals surface area (Å²) in [5, 5.41) is 41.5. The van der Waals surface area contributed by atoms with Gasteiger partial charge in [-0.25, -0.2) is 5.43 Å². The van der Waals surface area contributed by atoms with Gasteiger partial charge in [0, 0.05) is 34.4 Å². The molecule has 0 saturated carbocycles. The molecule has 0 atom stereocenters. The van der Waals surface area contributed by atoms with Crippen molar-refractivity contribution in [2.24, 2.45) is 15.3 Å². The third-order valence-corrected chi connectivity index (χ3v) is 5.84. The van der Waals surface area contributed by atoms with Crippen molar-refractivity contribution in [1.82, 2.24) is 5.43 Å². The average Bonchev–Trinajstić information content (AvgIpc) is 2.91. The minimum absolute atomic E-state index is 0.0482. The molecular weight excluding hydrogens is 525 g/mol. The van der Waals surface area contributed by atoms with Gasteiger partial charge in [0.15, 0.2) is 0 Å². The molecule has 0 bridgehead atoms. The summed E-state index contributed by atoms with van der Waals surface area (Å²) in [4.78, 5) is 14.7. The second-order valence-electron chi connectivity index (χ2n) is 8.02. The molecule has 0 spiro atoms. The van der Waals surface area contributed by atoms with Crippen molar-refractivity contribution in [3.8, 4) is 17.9 Å². The predicted octanol–water partition coefficient (Wildman–Crippen LogP) is 6.52. The van der Waals surface area contributed by atoms with Gasteiger partial charge in [0.2, 0.25) is 5.84 Å². The molecule has 0 aliphatic rings. The number of carbonyl (C=O) groups is 1. The summed E-state index contributed by atoms with van der Waals surface area (Å²) in [6.07, 6.45) is 0.632. The summed E-state index contributed by atoms with van der Waals surface area (Å²) < 4.78 is 0. The molecule has 0 aromatic heterocycles. The topological polar surface area (TPSA) is 137 Å². The third-order valence-electron chi connectivity index (χ3n) is 5.36. The number of nitrogens with zero attached hydrogens (tertiary/aromatic N) is 6. The van der Waals surface area contributed by atoms with E-state index in [1.807, 2.05) is 24.0 Å². The molecule has 0 unspecified atom stereocenters. The molecule has 3 aromatic rings. The Morgan fingerprint density at radius 1 is 0.947 bits per heavy atom. The highest BCUT2D eigenvalue weighted by Gasteiger charge is 2.15. The van der Waals surface area contributed by atoms with Gasteiger partial charge in [-0.15, -0.1) is 15.3 Å². The predicted molar refractivity (Wildman–Crippen MR) is 147 cm³/mol. The number of aryl methyl sites for hydroxylation is 1. The molecular formula is C27H23Cl2N7O2. The molecule has 0 heterocycles. The molecule has 0 fully saturated rings. The van der Waals surface area contributed by atoms with Gasteiger partial charge < -0.3 is 10.0 Å². The number of carbonyl (C=O) groups excluding carboxylic acids is 1. The van der Waals surface area contributed by atoms with Crippen LogP contribution in [0.2, 0.25) is 10.0 Å². The Morgan fingerprint density at radius 3 is 2.24 bits per heavy atom. The number of amides is 1. The number of rotatable bonds is 9. The molecule has 11 heteroatoms. The van der Waals surface area contributed by atoms with Crippen LogP contribution in [0.4, 0.5) is 11.4 Å².